The van der Waals surface area contributed by atoms with Gasteiger partial charge in [-0.1, -0.05) is 20.8 Å². The van der Waals surface area contributed by atoms with Crippen LogP contribution in [-0.2, 0) is 14.3 Å². The number of carbonyl (C=O) groups excluding carboxylic acids is 2. The predicted molar refractivity (Wildman–Crippen MR) is 76.7 cm³/mol. The Kier molecular flexibility index (Phi) is 5.55. The molecule has 0 bridgehead atoms. The molecule has 0 aliphatic heterocycles. The largest absolute Gasteiger partial charge is 0.497 e. The molecule has 0 aliphatic carbocycles. The van der Waals surface area contributed by atoms with E-state index >= 15 is 0 Å². The van der Waals surface area contributed by atoms with Crippen molar-refractivity contribution < 1.29 is 19.1 Å². The third-order valence-corrected chi connectivity index (χ3v) is 2.41. The standard InChI is InChI=1S/C15H21NO4/c1-15(2,3)9-14(18)20-10-13(17)16-11-5-7-12(19-4)8-6-11/h5-8H,9-10H2,1-4H3,(H,16,17). The van der Waals surface area contributed by atoms with Crippen LogP contribution in [0.1, 0.15) is 27.2 Å². The van der Waals surface area contributed by atoms with Crippen molar-refractivity contribution in [2.45, 2.75) is 27.2 Å². The first-order valence-corrected chi connectivity index (χ1v) is 6.40. The highest BCUT2D eigenvalue weighted by Gasteiger charge is 2.17. The summed E-state index contributed by atoms with van der Waals surface area (Å²) in [5, 5.41) is 2.64. The van der Waals surface area contributed by atoms with Crippen LogP contribution in [0.15, 0.2) is 24.3 Å². The second-order valence-electron chi connectivity index (χ2n) is 5.67. The zero-order chi connectivity index (χ0) is 15.2. The lowest BCUT2D eigenvalue weighted by atomic mass is 9.93. The maximum absolute atomic E-state index is 11.6. The summed E-state index contributed by atoms with van der Waals surface area (Å²) in [6.45, 7) is 5.53. The van der Waals surface area contributed by atoms with Gasteiger partial charge in [0, 0.05) is 5.69 Å². The van der Waals surface area contributed by atoms with Crippen LogP contribution >= 0.6 is 0 Å². The average Bonchev–Trinajstić information content (AvgIpc) is 2.35. The molecule has 0 atom stereocenters. The van der Waals surface area contributed by atoms with Gasteiger partial charge in [-0.05, 0) is 29.7 Å². The van der Waals surface area contributed by atoms with Crippen molar-refractivity contribution in [2.75, 3.05) is 19.0 Å². The molecule has 5 heteroatoms. The van der Waals surface area contributed by atoms with E-state index in [4.69, 9.17) is 9.47 Å². The number of amides is 1. The fourth-order valence-corrected chi connectivity index (χ4v) is 1.50. The summed E-state index contributed by atoms with van der Waals surface area (Å²) >= 11 is 0. The molecule has 0 saturated heterocycles. The third kappa shape index (κ3) is 6.22. The summed E-state index contributed by atoms with van der Waals surface area (Å²) in [6, 6.07) is 6.91. The van der Waals surface area contributed by atoms with Crippen LogP contribution in [0.2, 0.25) is 0 Å². The minimum absolute atomic E-state index is 0.149. The number of nitrogens with one attached hydrogen (secondary N) is 1. The molecule has 20 heavy (non-hydrogen) atoms. The Labute approximate surface area is 119 Å². The summed E-state index contributed by atoms with van der Waals surface area (Å²) in [4.78, 5) is 23.1. The van der Waals surface area contributed by atoms with E-state index < -0.39 is 0 Å². The number of hydrogen-bond acceptors (Lipinski definition) is 4. The van der Waals surface area contributed by atoms with Crippen LogP contribution < -0.4 is 10.1 Å². The van der Waals surface area contributed by atoms with Crippen molar-refractivity contribution >= 4 is 17.6 Å². The molecule has 0 unspecified atom stereocenters. The highest BCUT2D eigenvalue weighted by molar-refractivity contribution is 5.92. The average molecular weight is 279 g/mol. The Hall–Kier alpha value is -2.04. The van der Waals surface area contributed by atoms with E-state index in [0.29, 0.717) is 11.4 Å². The molecular formula is C15H21NO4. The van der Waals surface area contributed by atoms with Crippen LogP contribution in [0, 0.1) is 5.41 Å². The fourth-order valence-electron chi connectivity index (χ4n) is 1.50. The van der Waals surface area contributed by atoms with Gasteiger partial charge in [-0.2, -0.15) is 0 Å². The number of benzene rings is 1. The molecular weight excluding hydrogens is 258 g/mol. The quantitative estimate of drug-likeness (QED) is 0.841. The first kappa shape index (κ1) is 16.0. The van der Waals surface area contributed by atoms with Crippen LogP contribution in [0.5, 0.6) is 5.75 Å². The normalized spacial score (nSPS) is 10.8. The Morgan fingerprint density at radius 3 is 2.25 bits per heavy atom. The Bertz CT molecular complexity index is 460. The van der Waals surface area contributed by atoms with Gasteiger partial charge in [-0.25, -0.2) is 0 Å². The third-order valence-electron chi connectivity index (χ3n) is 2.41. The molecule has 1 aromatic rings. The number of rotatable bonds is 5. The van der Waals surface area contributed by atoms with Gasteiger partial charge in [0.05, 0.1) is 13.5 Å². The zero-order valence-corrected chi connectivity index (χ0v) is 12.4. The van der Waals surface area contributed by atoms with E-state index in [1.807, 2.05) is 20.8 Å². The molecule has 110 valence electrons. The molecule has 0 saturated carbocycles. The van der Waals surface area contributed by atoms with Gasteiger partial charge in [0.1, 0.15) is 5.75 Å². The SMILES string of the molecule is COc1ccc(NC(=O)COC(=O)CC(C)(C)C)cc1. The molecule has 1 rings (SSSR count). The molecule has 0 radical (unpaired) electrons. The van der Waals surface area contributed by atoms with E-state index in [1.165, 1.54) is 0 Å². The molecule has 1 amide bonds. The number of anilines is 1. The summed E-state index contributed by atoms with van der Waals surface area (Å²) in [5.41, 5.74) is 0.478. The van der Waals surface area contributed by atoms with Crippen molar-refractivity contribution in [3.05, 3.63) is 24.3 Å². The van der Waals surface area contributed by atoms with Gasteiger partial charge in [0.25, 0.3) is 5.91 Å². The van der Waals surface area contributed by atoms with Crippen LogP contribution in [0.25, 0.3) is 0 Å². The first-order valence-electron chi connectivity index (χ1n) is 6.40. The molecule has 0 fully saturated rings. The van der Waals surface area contributed by atoms with Crippen molar-refractivity contribution in [2.24, 2.45) is 5.41 Å². The van der Waals surface area contributed by atoms with E-state index in [1.54, 1.807) is 31.4 Å². The molecule has 1 N–H and O–H groups in total. The Balaban J connectivity index is 2.38. The van der Waals surface area contributed by atoms with Gasteiger partial charge in [0.2, 0.25) is 0 Å². The summed E-state index contributed by atoms with van der Waals surface area (Å²) in [5.74, 6) is -0.0283. The summed E-state index contributed by atoms with van der Waals surface area (Å²) in [6.07, 6.45) is 0.281. The van der Waals surface area contributed by atoms with Crippen LogP contribution in [0.3, 0.4) is 0 Å². The van der Waals surface area contributed by atoms with Crippen molar-refractivity contribution in [3.8, 4) is 5.75 Å². The lowest BCUT2D eigenvalue weighted by molar-refractivity contribution is -0.149. The smallest absolute Gasteiger partial charge is 0.306 e. The second kappa shape index (κ2) is 6.93. The molecule has 0 aliphatic rings. The Morgan fingerprint density at radius 1 is 1.15 bits per heavy atom. The minimum atomic E-state index is -0.373. The van der Waals surface area contributed by atoms with Gasteiger partial charge in [-0.3, -0.25) is 9.59 Å². The predicted octanol–water partition coefficient (Wildman–Crippen LogP) is 2.61. The van der Waals surface area contributed by atoms with E-state index in [9.17, 15) is 9.59 Å². The Morgan fingerprint density at radius 2 is 1.75 bits per heavy atom. The highest BCUT2D eigenvalue weighted by Crippen LogP contribution is 2.19. The van der Waals surface area contributed by atoms with Crippen LogP contribution in [-0.4, -0.2) is 25.6 Å². The molecule has 1 aromatic carbocycles. The fraction of sp³-hybridized carbons (Fsp3) is 0.467. The molecule has 0 aromatic heterocycles. The monoisotopic (exact) mass is 279 g/mol. The summed E-state index contributed by atoms with van der Waals surface area (Å²) in [7, 11) is 1.57. The maximum atomic E-state index is 11.6. The van der Waals surface area contributed by atoms with E-state index in [0.717, 1.165) is 0 Å². The zero-order valence-electron chi connectivity index (χ0n) is 12.4. The van der Waals surface area contributed by atoms with Crippen LogP contribution in [0.4, 0.5) is 5.69 Å². The minimum Gasteiger partial charge on any atom is -0.497 e. The van der Waals surface area contributed by atoms with Gasteiger partial charge >= 0.3 is 5.97 Å². The molecule has 0 spiro atoms. The van der Waals surface area contributed by atoms with Gasteiger partial charge in [0.15, 0.2) is 6.61 Å². The highest BCUT2D eigenvalue weighted by atomic mass is 16.5. The maximum Gasteiger partial charge on any atom is 0.306 e. The summed E-state index contributed by atoms with van der Waals surface area (Å²) < 4.78 is 9.94. The van der Waals surface area contributed by atoms with Crippen molar-refractivity contribution in [1.29, 1.82) is 0 Å². The second-order valence-corrected chi connectivity index (χ2v) is 5.67. The number of carbonyl (C=O) groups is 2. The first-order chi connectivity index (χ1) is 9.30. The number of esters is 1. The van der Waals surface area contributed by atoms with E-state index in [-0.39, 0.29) is 30.3 Å². The number of methoxy groups -OCH3 is 1. The van der Waals surface area contributed by atoms with Crippen molar-refractivity contribution in [3.63, 3.8) is 0 Å². The molecule has 5 nitrogen and oxygen atoms in total. The number of ether oxygens (including phenoxy) is 2. The van der Waals surface area contributed by atoms with Gasteiger partial charge in [-0.15, -0.1) is 0 Å². The van der Waals surface area contributed by atoms with Crippen molar-refractivity contribution in [1.82, 2.24) is 0 Å². The number of hydrogen-bond donors (Lipinski definition) is 1. The lowest BCUT2D eigenvalue weighted by Crippen LogP contribution is -2.23. The lowest BCUT2D eigenvalue weighted by Gasteiger charge is -2.16. The topological polar surface area (TPSA) is 64.6 Å². The van der Waals surface area contributed by atoms with Gasteiger partial charge < -0.3 is 14.8 Å². The molecule has 0 heterocycles. The van der Waals surface area contributed by atoms with E-state index in [2.05, 4.69) is 5.32 Å².